The maximum absolute atomic E-state index is 3.05. The highest BCUT2D eigenvalue weighted by atomic mass is 14.1. The van der Waals surface area contributed by atoms with Crippen LogP contribution in [0.5, 0.6) is 0 Å². The summed E-state index contributed by atoms with van der Waals surface area (Å²) in [5.41, 5.74) is 3.98. The van der Waals surface area contributed by atoms with Crippen LogP contribution in [-0.4, -0.2) is 0 Å². The summed E-state index contributed by atoms with van der Waals surface area (Å²) in [6, 6.07) is 20.1. The molecule has 0 unspecified atom stereocenters. The zero-order valence-electron chi connectivity index (χ0n) is 10.6. The van der Waals surface area contributed by atoms with Crippen molar-refractivity contribution in [3.8, 4) is 11.1 Å². The van der Waals surface area contributed by atoms with Gasteiger partial charge in [0.2, 0.25) is 0 Å². The van der Waals surface area contributed by atoms with E-state index in [-0.39, 0.29) is 0 Å². The first-order valence-corrected chi connectivity index (χ1v) is 6.35. The van der Waals surface area contributed by atoms with Crippen LogP contribution < -0.4 is 0 Å². The minimum atomic E-state index is 0.771. The lowest BCUT2D eigenvalue weighted by Crippen LogP contribution is -1.97. The molecule has 87 valence electrons. The van der Waals surface area contributed by atoms with Crippen molar-refractivity contribution in [2.24, 2.45) is 5.92 Å². The van der Waals surface area contributed by atoms with E-state index in [0.29, 0.717) is 0 Å². The van der Waals surface area contributed by atoms with E-state index in [1.165, 1.54) is 29.5 Å². The molecular weight excluding hydrogens is 204 g/mol. The van der Waals surface area contributed by atoms with Crippen LogP contribution in [0, 0.1) is 12.0 Å². The van der Waals surface area contributed by atoms with E-state index in [4.69, 9.17) is 0 Å². The van der Waals surface area contributed by atoms with Crippen LogP contribution in [0.3, 0.4) is 0 Å². The molecule has 2 aromatic rings. The third-order valence-corrected chi connectivity index (χ3v) is 3.29. The fourth-order valence-electron chi connectivity index (χ4n) is 1.96. The van der Waals surface area contributed by atoms with Crippen molar-refractivity contribution in [1.82, 2.24) is 0 Å². The van der Waals surface area contributed by atoms with Gasteiger partial charge in [0.1, 0.15) is 0 Å². The van der Waals surface area contributed by atoms with Crippen molar-refractivity contribution < 1.29 is 0 Å². The lowest BCUT2D eigenvalue weighted by molar-refractivity contribution is 0.560. The number of hydrogen-bond acceptors (Lipinski definition) is 0. The van der Waals surface area contributed by atoms with E-state index in [2.05, 4.69) is 56.3 Å². The molecular formula is C17H19. The Morgan fingerprint density at radius 2 is 1.53 bits per heavy atom. The molecule has 17 heavy (non-hydrogen) atoms. The fraction of sp³-hybridized carbons (Fsp3) is 0.294. The Morgan fingerprint density at radius 1 is 0.941 bits per heavy atom. The minimum Gasteiger partial charge on any atom is -0.0651 e. The molecule has 0 spiro atoms. The molecule has 0 saturated carbocycles. The molecule has 2 aromatic carbocycles. The summed E-state index contributed by atoms with van der Waals surface area (Å²) in [6.07, 6.45) is 2.43. The second kappa shape index (κ2) is 5.67. The van der Waals surface area contributed by atoms with Gasteiger partial charge in [-0.3, -0.25) is 0 Å². The first-order valence-electron chi connectivity index (χ1n) is 6.35. The van der Waals surface area contributed by atoms with E-state index in [1.807, 2.05) is 12.1 Å². The normalized spacial score (nSPS) is 12.4. The highest BCUT2D eigenvalue weighted by molar-refractivity contribution is 5.63. The van der Waals surface area contributed by atoms with Gasteiger partial charge < -0.3 is 0 Å². The SMILES string of the molecule is CC[C@H](C)Cc1ccc(-c2cc[c]cc2)cc1. The van der Waals surface area contributed by atoms with E-state index >= 15 is 0 Å². The summed E-state index contributed by atoms with van der Waals surface area (Å²) in [7, 11) is 0. The lowest BCUT2D eigenvalue weighted by Gasteiger charge is -2.09. The minimum absolute atomic E-state index is 0.771. The molecule has 0 amide bonds. The maximum atomic E-state index is 3.05. The largest absolute Gasteiger partial charge is 0.0651 e. The van der Waals surface area contributed by atoms with E-state index in [1.54, 1.807) is 0 Å². The van der Waals surface area contributed by atoms with Crippen molar-refractivity contribution in [1.29, 1.82) is 0 Å². The summed E-state index contributed by atoms with van der Waals surface area (Å²) in [5.74, 6) is 0.771. The van der Waals surface area contributed by atoms with E-state index in [9.17, 15) is 0 Å². The molecule has 0 aromatic heterocycles. The first kappa shape index (κ1) is 11.9. The molecule has 2 rings (SSSR count). The first-order chi connectivity index (χ1) is 8.29. The topological polar surface area (TPSA) is 0 Å². The fourth-order valence-corrected chi connectivity index (χ4v) is 1.96. The Kier molecular flexibility index (Phi) is 3.98. The van der Waals surface area contributed by atoms with Crippen LogP contribution in [0.1, 0.15) is 25.8 Å². The van der Waals surface area contributed by atoms with Crippen LogP contribution >= 0.6 is 0 Å². The molecule has 0 nitrogen and oxygen atoms in total. The van der Waals surface area contributed by atoms with Crippen LogP contribution in [0.25, 0.3) is 11.1 Å². The van der Waals surface area contributed by atoms with Crippen molar-refractivity contribution >= 4 is 0 Å². The van der Waals surface area contributed by atoms with Crippen molar-refractivity contribution in [3.05, 3.63) is 60.2 Å². The highest BCUT2D eigenvalue weighted by Gasteiger charge is 2.01. The number of rotatable bonds is 4. The highest BCUT2D eigenvalue weighted by Crippen LogP contribution is 2.20. The third-order valence-electron chi connectivity index (χ3n) is 3.29. The smallest absolute Gasteiger partial charge is 0.0184 e. The average Bonchev–Trinajstić information content (AvgIpc) is 2.40. The van der Waals surface area contributed by atoms with Crippen LogP contribution in [0.15, 0.2) is 48.5 Å². The molecule has 0 N–H and O–H groups in total. The second-order valence-corrected chi connectivity index (χ2v) is 4.70. The zero-order valence-corrected chi connectivity index (χ0v) is 10.6. The van der Waals surface area contributed by atoms with Gasteiger partial charge in [0, 0.05) is 0 Å². The molecule has 0 heterocycles. The zero-order chi connectivity index (χ0) is 12.1. The summed E-state index contributed by atoms with van der Waals surface area (Å²) in [4.78, 5) is 0. The molecule has 0 bridgehead atoms. The predicted molar refractivity (Wildman–Crippen MR) is 73.9 cm³/mol. The van der Waals surface area contributed by atoms with Crippen molar-refractivity contribution in [2.45, 2.75) is 26.7 Å². The van der Waals surface area contributed by atoms with Gasteiger partial charge >= 0.3 is 0 Å². The quantitative estimate of drug-likeness (QED) is 0.702. The van der Waals surface area contributed by atoms with Crippen molar-refractivity contribution in [2.75, 3.05) is 0 Å². The Morgan fingerprint density at radius 3 is 2.12 bits per heavy atom. The van der Waals surface area contributed by atoms with Crippen LogP contribution in [-0.2, 0) is 6.42 Å². The van der Waals surface area contributed by atoms with Gasteiger partial charge in [0.05, 0.1) is 0 Å². The Hall–Kier alpha value is -1.56. The molecule has 0 fully saturated rings. The molecule has 0 aliphatic rings. The summed E-state index contributed by atoms with van der Waals surface area (Å²) in [6.45, 7) is 4.56. The van der Waals surface area contributed by atoms with Crippen molar-refractivity contribution in [3.63, 3.8) is 0 Å². The Balaban J connectivity index is 2.13. The molecule has 0 heteroatoms. The third kappa shape index (κ3) is 3.20. The lowest BCUT2D eigenvalue weighted by atomic mass is 9.97. The monoisotopic (exact) mass is 223 g/mol. The Bertz CT molecular complexity index is 439. The molecule has 1 atom stereocenters. The summed E-state index contributed by atoms with van der Waals surface area (Å²) in [5, 5.41) is 0. The predicted octanol–water partition coefficient (Wildman–Crippen LogP) is 4.74. The second-order valence-electron chi connectivity index (χ2n) is 4.70. The van der Waals surface area contributed by atoms with Crippen LogP contribution in [0.2, 0.25) is 0 Å². The van der Waals surface area contributed by atoms with Gasteiger partial charge in [-0.05, 0) is 35.1 Å². The van der Waals surface area contributed by atoms with Gasteiger partial charge in [-0.15, -0.1) is 0 Å². The average molecular weight is 223 g/mol. The summed E-state index contributed by atoms with van der Waals surface area (Å²) < 4.78 is 0. The molecule has 0 aliphatic carbocycles. The van der Waals surface area contributed by atoms with Crippen LogP contribution in [0.4, 0.5) is 0 Å². The van der Waals surface area contributed by atoms with Gasteiger partial charge in [0.15, 0.2) is 0 Å². The maximum Gasteiger partial charge on any atom is -0.0184 e. The van der Waals surface area contributed by atoms with Gasteiger partial charge in [0.25, 0.3) is 0 Å². The van der Waals surface area contributed by atoms with Gasteiger partial charge in [-0.25, -0.2) is 0 Å². The van der Waals surface area contributed by atoms with E-state index < -0.39 is 0 Å². The molecule has 0 aliphatic heterocycles. The summed E-state index contributed by atoms with van der Waals surface area (Å²) >= 11 is 0. The molecule has 0 saturated heterocycles. The molecule has 1 radical (unpaired) electrons. The standard InChI is InChI=1S/C17H19/c1-3-14(2)13-15-9-11-17(12-10-15)16-7-5-4-6-8-16/h5-12,14H,3,13H2,1-2H3/t14-/m0/s1. The van der Waals surface area contributed by atoms with E-state index in [0.717, 1.165) is 5.92 Å². The number of benzene rings is 2. The number of hydrogen-bond donors (Lipinski definition) is 0. The Labute approximate surface area is 104 Å². The van der Waals surface area contributed by atoms with Gasteiger partial charge in [-0.2, -0.15) is 0 Å². The van der Waals surface area contributed by atoms with Gasteiger partial charge in [-0.1, -0.05) is 68.8 Å².